The minimum Gasteiger partial charge on any atom is -0.508 e. The normalized spacial score (nSPS) is 24.8. The highest BCUT2D eigenvalue weighted by Gasteiger charge is 2.34. The Labute approximate surface area is 90.9 Å². The lowest BCUT2D eigenvalue weighted by atomic mass is 9.84. The number of phenols is 1. The zero-order valence-corrected chi connectivity index (χ0v) is 9.58. The van der Waals surface area contributed by atoms with Gasteiger partial charge in [0.2, 0.25) is 0 Å². The molecule has 1 aliphatic heterocycles. The van der Waals surface area contributed by atoms with Gasteiger partial charge >= 0.3 is 0 Å². The molecule has 0 saturated carbocycles. The zero-order chi connectivity index (χ0) is 11.1. The molecule has 0 spiro atoms. The Morgan fingerprint density at radius 3 is 2.80 bits per heavy atom. The summed E-state index contributed by atoms with van der Waals surface area (Å²) < 4.78 is 6.02. The van der Waals surface area contributed by atoms with Crippen molar-refractivity contribution in [2.24, 2.45) is 5.92 Å². The van der Waals surface area contributed by atoms with Gasteiger partial charge in [-0.2, -0.15) is 0 Å². The Morgan fingerprint density at radius 2 is 2.13 bits per heavy atom. The lowest BCUT2D eigenvalue weighted by Crippen LogP contribution is -2.41. The summed E-state index contributed by atoms with van der Waals surface area (Å²) in [5.41, 5.74) is 1.05. The van der Waals surface area contributed by atoms with Gasteiger partial charge in [-0.05, 0) is 49.4 Å². The number of ether oxygens (including phenoxy) is 1. The third-order valence-electron chi connectivity index (χ3n) is 3.50. The monoisotopic (exact) mass is 206 g/mol. The summed E-state index contributed by atoms with van der Waals surface area (Å²) in [6, 6.07) is 5.35. The van der Waals surface area contributed by atoms with Crippen molar-refractivity contribution in [3.05, 3.63) is 23.8 Å². The predicted octanol–water partition coefficient (Wildman–Crippen LogP) is 3.13. The fraction of sp³-hybridized carbons (Fsp3) is 0.538. The third-order valence-corrected chi connectivity index (χ3v) is 3.50. The van der Waals surface area contributed by atoms with Gasteiger partial charge in [0, 0.05) is 0 Å². The Bertz CT molecular complexity index is 371. The van der Waals surface area contributed by atoms with Crippen molar-refractivity contribution < 1.29 is 9.84 Å². The van der Waals surface area contributed by atoms with Crippen molar-refractivity contribution in [1.82, 2.24) is 0 Å². The molecule has 0 saturated heterocycles. The number of fused-ring (bicyclic) bond motifs is 1. The van der Waals surface area contributed by atoms with E-state index in [9.17, 15) is 5.11 Å². The van der Waals surface area contributed by atoms with Crippen LogP contribution in [0.2, 0.25) is 0 Å². The average Bonchev–Trinajstić information content (AvgIpc) is 2.18. The highest BCUT2D eigenvalue weighted by Crippen LogP contribution is 2.38. The van der Waals surface area contributed by atoms with Crippen LogP contribution in [0.15, 0.2) is 18.2 Å². The number of hydrogen-bond donors (Lipinski definition) is 1. The van der Waals surface area contributed by atoms with E-state index in [1.54, 1.807) is 12.1 Å². The Balaban J connectivity index is 2.31. The third kappa shape index (κ3) is 1.81. The van der Waals surface area contributed by atoms with Gasteiger partial charge in [0.15, 0.2) is 0 Å². The first kappa shape index (κ1) is 10.3. The standard InChI is InChI=1S/C13H18O2/c1-9(2)13(3)7-6-10-8-11(14)4-5-12(10)15-13/h4-5,8-9,14H,6-7H2,1-3H3. The van der Waals surface area contributed by atoms with Crippen LogP contribution in [0.25, 0.3) is 0 Å². The summed E-state index contributed by atoms with van der Waals surface area (Å²) in [4.78, 5) is 0. The molecule has 82 valence electrons. The Morgan fingerprint density at radius 1 is 1.40 bits per heavy atom. The molecule has 1 aromatic carbocycles. The van der Waals surface area contributed by atoms with Gasteiger partial charge < -0.3 is 9.84 Å². The maximum absolute atomic E-state index is 9.37. The molecule has 1 N–H and O–H groups in total. The lowest BCUT2D eigenvalue weighted by molar-refractivity contribution is 0.0201. The van der Waals surface area contributed by atoms with Crippen LogP contribution in [-0.2, 0) is 6.42 Å². The van der Waals surface area contributed by atoms with Crippen LogP contribution in [0, 0.1) is 5.92 Å². The number of aromatic hydroxyl groups is 1. The summed E-state index contributed by atoms with van der Waals surface area (Å²) in [5, 5.41) is 9.37. The number of phenolic OH excluding ortho intramolecular Hbond substituents is 1. The van der Waals surface area contributed by atoms with Crippen LogP contribution in [0.4, 0.5) is 0 Å². The first-order chi connectivity index (χ1) is 7.01. The first-order valence-corrected chi connectivity index (χ1v) is 5.52. The summed E-state index contributed by atoms with van der Waals surface area (Å²) in [6.45, 7) is 6.53. The van der Waals surface area contributed by atoms with Gasteiger partial charge in [-0.25, -0.2) is 0 Å². The topological polar surface area (TPSA) is 29.5 Å². The number of rotatable bonds is 1. The highest BCUT2D eigenvalue weighted by molar-refractivity contribution is 5.41. The van der Waals surface area contributed by atoms with E-state index in [0.29, 0.717) is 11.7 Å². The van der Waals surface area contributed by atoms with E-state index in [0.717, 1.165) is 24.2 Å². The Hall–Kier alpha value is -1.18. The smallest absolute Gasteiger partial charge is 0.123 e. The fourth-order valence-corrected chi connectivity index (χ4v) is 1.95. The molecule has 1 heterocycles. The van der Waals surface area contributed by atoms with E-state index < -0.39 is 0 Å². The molecule has 15 heavy (non-hydrogen) atoms. The molecule has 1 unspecified atom stereocenters. The summed E-state index contributed by atoms with van der Waals surface area (Å²) in [6.07, 6.45) is 2.00. The van der Waals surface area contributed by atoms with E-state index in [1.807, 2.05) is 6.07 Å². The van der Waals surface area contributed by atoms with Gasteiger partial charge in [0.05, 0.1) is 0 Å². The van der Waals surface area contributed by atoms with Crippen molar-refractivity contribution in [3.8, 4) is 11.5 Å². The van der Waals surface area contributed by atoms with E-state index in [4.69, 9.17) is 4.74 Å². The summed E-state index contributed by atoms with van der Waals surface area (Å²) >= 11 is 0. The van der Waals surface area contributed by atoms with Gasteiger partial charge in [-0.15, -0.1) is 0 Å². The zero-order valence-electron chi connectivity index (χ0n) is 9.58. The van der Waals surface area contributed by atoms with Gasteiger partial charge in [-0.3, -0.25) is 0 Å². The highest BCUT2D eigenvalue weighted by atomic mass is 16.5. The molecule has 2 nitrogen and oxygen atoms in total. The molecule has 0 bridgehead atoms. The SMILES string of the molecule is CC(C)C1(C)CCc2cc(O)ccc2O1. The summed E-state index contributed by atoms with van der Waals surface area (Å²) in [7, 11) is 0. The van der Waals surface area contributed by atoms with E-state index >= 15 is 0 Å². The van der Waals surface area contributed by atoms with Crippen LogP contribution in [-0.4, -0.2) is 10.7 Å². The quantitative estimate of drug-likeness (QED) is 0.765. The molecule has 1 aromatic rings. The number of hydrogen-bond acceptors (Lipinski definition) is 2. The maximum atomic E-state index is 9.37. The summed E-state index contributed by atoms with van der Waals surface area (Å²) in [5.74, 6) is 1.75. The van der Waals surface area contributed by atoms with Crippen molar-refractivity contribution in [3.63, 3.8) is 0 Å². The van der Waals surface area contributed by atoms with Crippen molar-refractivity contribution in [2.45, 2.75) is 39.2 Å². The largest absolute Gasteiger partial charge is 0.508 e. The van der Waals surface area contributed by atoms with Gasteiger partial charge in [0.1, 0.15) is 17.1 Å². The minimum atomic E-state index is -0.0655. The molecule has 2 rings (SSSR count). The molecule has 0 aromatic heterocycles. The number of benzene rings is 1. The van der Waals surface area contributed by atoms with E-state index in [2.05, 4.69) is 20.8 Å². The molecule has 2 heteroatoms. The maximum Gasteiger partial charge on any atom is 0.123 e. The molecule has 1 aliphatic rings. The number of aryl methyl sites for hydroxylation is 1. The second-order valence-corrected chi connectivity index (χ2v) is 4.86. The van der Waals surface area contributed by atoms with E-state index in [-0.39, 0.29) is 5.60 Å². The van der Waals surface area contributed by atoms with Crippen molar-refractivity contribution in [1.29, 1.82) is 0 Å². The van der Waals surface area contributed by atoms with Gasteiger partial charge in [-0.1, -0.05) is 13.8 Å². The van der Waals surface area contributed by atoms with Crippen LogP contribution >= 0.6 is 0 Å². The molecule has 0 fully saturated rings. The van der Waals surface area contributed by atoms with Crippen LogP contribution in [0.1, 0.15) is 32.8 Å². The molecule has 0 aliphatic carbocycles. The van der Waals surface area contributed by atoms with Gasteiger partial charge in [0.25, 0.3) is 0 Å². The van der Waals surface area contributed by atoms with Crippen molar-refractivity contribution >= 4 is 0 Å². The van der Waals surface area contributed by atoms with Crippen molar-refractivity contribution in [2.75, 3.05) is 0 Å². The van der Waals surface area contributed by atoms with E-state index in [1.165, 1.54) is 0 Å². The molecular weight excluding hydrogens is 188 g/mol. The second-order valence-electron chi connectivity index (χ2n) is 4.86. The van der Waals surface area contributed by atoms with Crippen LogP contribution < -0.4 is 4.74 Å². The molecule has 0 radical (unpaired) electrons. The van der Waals surface area contributed by atoms with Crippen LogP contribution in [0.3, 0.4) is 0 Å². The molecular formula is C13H18O2. The second kappa shape index (κ2) is 3.44. The van der Waals surface area contributed by atoms with Crippen LogP contribution in [0.5, 0.6) is 11.5 Å². The minimum absolute atomic E-state index is 0.0655. The lowest BCUT2D eigenvalue weighted by Gasteiger charge is -2.39. The molecule has 0 amide bonds. The Kier molecular flexibility index (Phi) is 2.37. The predicted molar refractivity (Wildman–Crippen MR) is 60.3 cm³/mol. The molecule has 1 atom stereocenters. The average molecular weight is 206 g/mol. The fourth-order valence-electron chi connectivity index (χ4n) is 1.95. The first-order valence-electron chi connectivity index (χ1n) is 5.52.